The van der Waals surface area contributed by atoms with Crippen molar-refractivity contribution >= 4 is 62.2 Å². The lowest BCUT2D eigenvalue weighted by atomic mass is 10.1. The summed E-state index contributed by atoms with van der Waals surface area (Å²) < 4.78 is 26.7. The van der Waals surface area contributed by atoms with Gasteiger partial charge in [0.1, 0.15) is 11.7 Å². The standard InChI is InChI=1S/C16H22N8O9S2/c1-16(2,12(27)28)33-20-9(8-6-34-13(17)19-8)10(25)18-7-5-24(11(7)26)15(30)22-35(31,32)21-14(29)23(3)4/h6-7H,5H2,1-4H3,(H2,17,19)(H,18,25)(H,21,29)(H,22,30)(H,27,28)/t7-/m0/s1. The highest BCUT2D eigenvalue weighted by Gasteiger charge is 2.44. The summed E-state index contributed by atoms with van der Waals surface area (Å²) in [5, 5.41) is 16.4. The number of urea groups is 2. The maximum Gasteiger partial charge on any atom is 0.350 e. The van der Waals surface area contributed by atoms with Crippen LogP contribution in [-0.4, -0.2) is 96.1 Å². The first kappa shape index (κ1) is 27.2. The summed E-state index contributed by atoms with van der Waals surface area (Å²) in [6, 6.07) is -3.64. The number of rotatable bonds is 8. The number of carbonyl (C=O) groups excluding carboxylic acids is 4. The van der Waals surface area contributed by atoms with E-state index in [2.05, 4.69) is 15.5 Å². The van der Waals surface area contributed by atoms with Crippen molar-refractivity contribution in [3.63, 3.8) is 0 Å². The van der Waals surface area contributed by atoms with Gasteiger partial charge in [-0.15, -0.1) is 11.3 Å². The van der Waals surface area contributed by atoms with Crippen LogP contribution in [0.2, 0.25) is 0 Å². The molecule has 1 aliphatic rings. The maximum absolute atomic E-state index is 12.7. The number of β-lactam (4-membered cyclic amide) rings is 1. The molecule has 192 valence electrons. The fourth-order valence-electron chi connectivity index (χ4n) is 2.14. The van der Waals surface area contributed by atoms with Gasteiger partial charge in [0.15, 0.2) is 10.8 Å². The van der Waals surface area contributed by atoms with Crippen molar-refractivity contribution in [3.8, 4) is 0 Å². The molecular formula is C16H22N8O9S2. The third-order valence-corrected chi connectivity index (χ3v) is 5.75. The first-order valence-electron chi connectivity index (χ1n) is 9.43. The third kappa shape index (κ3) is 6.76. The third-order valence-electron chi connectivity index (χ3n) is 4.19. The Morgan fingerprint density at radius 3 is 2.43 bits per heavy atom. The van der Waals surface area contributed by atoms with E-state index in [4.69, 9.17) is 15.7 Å². The lowest BCUT2D eigenvalue weighted by molar-refractivity contribution is -0.161. The zero-order valence-corrected chi connectivity index (χ0v) is 20.4. The minimum absolute atomic E-state index is 0.0599. The number of aliphatic carboxylic acids is 1. The Morgan fingerprint density at radius 2 is 1.94 bits per heavy atom. The largest absolute Gasteiger partial charge is 0.478 e. The predicted octanol–water partition coefficient (Wildman–Crippen LogP) is -2.14. The molecule has 35 heavy (non-hydrogen) atoms. The fourth-order valence-corrected chi connectivity index (χ4v) is 3.50. The molecular weight excluding hydrogens is 512 g/mol. The molecule has 0 aromatic carbocycles. The number of nitrogens with zero attached hydrogens (tertiary/aromatic N) is 4. The van der Waals surface area contributed by atoms with Crippen molar-refractivity contribution in [3.05, 3.63) is 11.1 Å². The molecule has 2 rings (SSSR count). The molecule has 1 aromatic heterocycles. The maximum atomic E-state index is 12.7. The number of oxime groups is 1. The van der Waals surface area contributed by atoms with Crippen LogP contribution >= 0.6 is 11.3 Å². The van der Waals surface area contributed by atoms with Crippen LogP contribution in [-0.2, 0) is 29.4 Å². The molecule has 19 heteroatoms. The Morgan fingerprint density at radius 1 is 1.31 bits per heavy atom. The zero-order valence-electron chi connectivity index (χ0n) is 18.8. The highest BCUT2D eigenvalue weighted by molar-refractivity contribution is 7.88. The lowest BCUT2D eigenvalue weighted by Gasteiger charge is -2.36. The Labute approximate surface area is 202 Å². The highest BCUT2D eigenvalue weighted by atomic mass is 32.2. The number of nitrogen functional groups attached to an aromatic ring is 1. The van der Waals surface area contributed by atoms with Gasteiger partial charge in [0.25, 0.3) is 11.8 Å². The van der Waals surface area contributed by atoms with Gasteiger partial charge in [-0.1, -0.05) is 5.16 Å². The lowest BCUT2D eigenvalue weighted by Crippen LogP contribution is -2.68. The van der Waals surface area contributed by atoms with E-state index in [1.165, 1.54) is 38.0 Å². The van der Waals surface area contributed by atoms with E-state index in [9.17, 15) is 32.4 Å². The molecule has 0 radical (unpaired) electrons. The SMILES string of the molecule is CN(C)C(=O)NS(=O)(=O)NC(=O)N1C[C@H](NC(=O)C(=NOC(C)(C)C(=O)O)c2csc(N)n2)C1=O. The summed E-state index contributed by atoms with van der Waals surface area (Å²) in [6.07, 6.45) is 0. The van der Waals surface area contributed by atoms with Crippen molar-refractivity contribution in [2.24, 2.45) is 5.16 Å². The van der Waals surface area contributed by atoms with E-state index in [0.29, 0.717) is 4.90 Å². The minimum Gasteiger partial charge on any atom is -0.478 e. The van der Waals surface area contributed by atoms with Gasteiger partial charge in [-0.2, -0.15) is 8.42 Å². The number of nitrogens with one attached hydrogen (secondary N) is 3. The van der Waals surface area contributed by atoms with E-state index in [0.717, 1.165) is 16.2 Å². The van der Waals surface area contributed by atoms with Gasteiger partial charge in [-0.25, -0.2) is 28.8 Å². The molecule has 1 saturated heterocycles. The van der Waals surface area contributed by atoms with Crippen LogP contribution in [0.3, 0.4) is 0 Å². The van der Waals surface area contributed by atoms with E-state index < -0.39 is 64.0 Å². The average Bonchev–Trinajstić information content (AvgIpc) is 3.15. The molecule has 1 aromatic rings. The van der Waals surface area contributed by atoms with Crippen molar-refractivity contribution in [2.45, 2.75) is 25.5 Å². The number of thiazole rings is 1. The van der Waals surface area contributed by atoms with Crippen molar-refractivity contribution < 1.29 is 42.3 Å². The molecule has 6 N–H and O–H groups in total. The summed E-state index contributed by atoms with van der Waals surface area (Å²) in [5.41, 5.74) is 3.21. The summed E-state index contributed by atoms with van der Waals surface area (Å²) in [4.78, 5) is 70.0. The van der Waals surface area contributed by atoms with Crippen LogP contribution in [0.4, 0.5) is 14.7 Å². The predicted molar refractivity (Wildman–Crippen MR) is 119 cm³/mol. The van der Waals surface area contributed by atoms with Crippen molar-refractivity contribution in [1.29, 1.82) is 0 Å². The topological polar surface area (TPSA) is 243 Å². The van der Waals surface area contributed by atoms with Gasteiger partial charge >= 0.3 is 28.2 Å². The van der Waals surface area contributed by atoms with Crippen LogP contribution in [0.5, 0.6) is 0 Å². The summed E-state index contributed by atoms with van der Waals surface area (Å²) in [5.74, 6) is -3.33. The van der Waals surface area contributed by atoms with E-state index >= 15 is 0 Å². The average molecular weight is 535 g/mol. The van der Waals surface area contributed by atoms with Crippen LogP contribution in [0, 0.1) is 0 Å². The number of carboxylic acid groups (broad SMARTS) is 1. The van der Waals surface area contributed by atoms with Gasteiger partial charge < -0.3 is 25.9 Å². The molecule has 1 atom stereocenters. The van der Waals surface area contributed by atoms with Crippen LogP contribution in [0.15, 0.2) is 10.5 Å². The smallest absolute Gasteiger partial charge is 0.350 e. The molecule has 6 amide bonds. The monoisotopic (exact) mass is 534 g/mol. The number of imide groups is 1. The number of carboxylic acids is 1. The van der Waals surface area contributed by atoms with Gasteiger partial charge in [-0.3, -0.25) is 14.5 Å². The van der Waals surface area contributed by atoms with Crippen LogP contribution in [0.1, 0.15) is 19.5 Å². The number of hydrogen-bond acceptors (Lipinski definition) is 12. The van der Waals surface area contributed by atoms with Crippen molar-refractivity contribution in [1.82, 2.24) is 29.5 Å². The molecule has 17 nitrogen and oxygen atoms in total. The van der Waals surface area contributed by atoms with Crippen LogP contribution in [0.25, 0.3) is 0 Å². The van der Waals surface area contributed by atoms with E-state index in [1.807, 2.05) is 0 Å². The first-order chi connectivity index (χ1) is 16.0. The zero-order chi connectivity index (χ0) is 26.7. The minimum atomic E-state index is -4.61. The molecule has 2 heterocycles. The second-order valence-electron chi connectivity index (χ2n) is 7.60. The Bertz CT molecular complexity index is 1190. The Kier molecular flexibility index (Phi) is 7.86. The number of anilines is 1. The van der Waals surface area contributed by atoms with Gasteiger partial charge in [-0.05, 0) is 13.8 Å². The number of hydrogen-bond donors (Lipinski definition) is 5. The normalized spacial score (nSPS) is 16.1. The molecule has 0 spiro atoms. The van der Waals surface area contributed by atoms with E-state index in [-0.39, 0.29) is 10.8 Å². The van der Waals surface area contributed by atoms with Crippen molar-refractivity contribution in [2.75, 3.05) is 26.4 Å². The molecule has 0 saturated carbocycles. The molecule has 1 fully saturated rings. The highest BCUT2D eigenvalue weighted by Crippen LogP contribution is 2.16. The summed E-state index contributed by atoms with van der Waals surface area (Å²) >= 11 is 0.960. The molecule has 0 aliphatic carbocycles. The Balaban J connectivity index is 2.07. The number of nitrogens with two attached hydrogens (primary N) is 1. The fraction of sp³-hybridized carbons (Fsp3) is 0.438. The van der Waals surface area contributed by atoms with Gasteiger partial charge in [0.2, 0.25) is 5.60 Å². The first-order valence-corrected chi connectivity index (χ1v) is 11.8. The molecule has 0 bridgehead atoms. The number of amides is 6. The van der Waals surface area contributed by atoms with Gasteiger partial charge in [0, 0.05) is 19.5 Å². The van der Waals surface area contributed by atoms with Crippen LogP contribution < -0.4 is 20.5 Å². The quantitative estimate of drug-likeness (QED) is 0.137. The molecule has 1 aliphatic heterocycles. The van der Waals surface area contributed by atoms with E-state index in [1.54, 1.807) is 4.72 Å². The second-order valence-corrected chi connectivity index (χ2v) is 9.91. The number of carbonyl (C=O) groups is 5. The number of aromatic nitrogens is 1. The molecule has 0 unspecified atom stereocenters. The Hall–Kier alpha value is -4.00. The summed E-state index contributed by atoms with van der Waals surface area (Å²) in [7, 11) is -2.07. The second kappa shape index (κ2) is 10.1. The van der Waals surface area contributed by atoms with Gasteiger partial charge in [0.05, 0.1) is 6.54 Å². The number of likely N-dealkylation sites (tertiary alicyclic amines) is 1. The summed E-state index contributed by atoms with van der Waals surface area (Å²) in [6.45, 7) is 1.96.